The van der Waals surface area contributed by atoms with Crippen molar-refractivity contribution in [1.82, 2.24) is 0 Å². The Balaban J connectivity index is 1.52. The van der Waals surface area contributed by atoms with Crippen molar-refractivity contribution in [3.63, 3.8) is 0 Å². The van der Waals surface area contributed by atoms with E-state index in [0.29, 0.717) is 22.7 Å². The average Bonchev–Trinajstić information content (AvgIpc) is 3.05. The van der Waals surface area contributed by atoms with Crippen molar-refractivity contribution in [2.24, 2.45) is 52.2 Å². The molecule has 0 aliphatic heterocycles. The Kier molecular flexibility index (Phi) is 5.97. The Morgan fingerprint density at radius 1 is 1.10 bits per heavy atom. The van der Waals surface area contributed by atoms with Crippen LogP contribution in [0.3, 0.4) is 0 Å². The van der Waals surface area contributed by atoms with Crippen LogP contribution < -0.4 is 0 Å². The maximum absolute atomic E-state index is 10.2. The fraction of sp³-hybridized carbons (Fsp3) is 0.862. The van der Waals surface area contributed by atoms with Crippen LogP contribution in [0.5, 0.6) is 0 Å². The van der Waals surface area contributed by atoms with E-state index in [2.05, 4.69) is 59.8 Å². The monoisotopic (exact) mass is 413 g/mol. The minimum absolute atomic E-state index is 0.103. The fourth-order valence-corrected chi connectivity index (χ4v) is 8.73. The minimum atomic E-state index is -0.389. The number of aliphatic hydroxyl groups is 1. The zero-order valence-electron chi connectivity index (χ0n) is 21.6. The fourth-order valence-electron chi connectivity index (χ4n) is 8.73. The molecule has 1 N–H and O–H groups in total. The highest BCUT2D eigenvalue weighted by Crippen LogP contribution is 2.67. The number of hydrogen-bond donors (Lipinski definition) is 1. The SMILES string of the molecule is [2H]C(C)(C)[C@@H](/C=C/[C@@H](C)[C@H]1CC[C@H]2[C@@H]3CC=C4C[C@@H](O)CC[C@]4(C)[C@H]3CC[C@]12C)CC. The molecular formula is C29H48O. The van der Waals surface area contributed by atoms with Crippen molar-refractivity contribution in [1.29, 1.82) is 0 Å². The molecule has 3 saturated carbocycles. The lowest BCUT2D eigenvalue weighted by Crippen LogP contribution is -2.50. The van der Waals surface area contributed by atoms with Crippen LogP contribution >= 0.6 is 0 Å². The van der Waals surface area contributed by atoms with Crippen molar-refractivity contribution >= 4 is 0 Å². The van der Waals surface area contributed by atoms with Crippen molar-refractivity contribution in [3.8, 4) is 0 Å². The molecule has 4 rings (SSSR count). The van der Waals surface area contributed by atoms with Gasteiger partial charge in [-0.1, -0.05) is 65.3 Å². The van der Waals surface area contributed by atoms with E-state index < -0.39 is 0 Å². The summed E-state index contributed by atoms with van der Waals surface area (Å²) in [5.41, 5.74) is 2.41. The zero-order valence-corrected chi connectivity index (χ0v) is 20.6. The van der Waals surface area contributed by atoms with E-state index in [9.17, 15) is 5.11 Å². The van der Waals surface area contributed by atoms with Gasteiger partial charge in [0, 0.05) is 1.37 Å². The Hall–Kier alpha value is -0.560. The highest BCUT2D eigenvalue weighted by molar-refractivity contribution is 5.25. The van der Waals surface area contributed by atoms with E-state index in [4.69, 9.17) is 1.37 Å². The number of fused-ring (bicyclic) bond motifs is 5. The third-order valence-corrected chi connectivity index (χ3v) is 10.6. The van der Waals surface area contributed by atoms with Gasteiger partial charge in [0.15, 0.2) is 0 Å². The largest absolute Gasteiger partial charge is 0.393 e. The Morgan fingerprint density at radius 2 is 1.87 bits per heavy atom. The highest BCUT2D eigenvalue weighted by atomic mass is 16.3. The molecule has 0 heterocycles. The van der Waals surface area contributed by atoms with E-state index in [1.165, 1.54) is 38.5 Å². The second kappa shape index (κ2) is 8.42. The summed E-state index contributed by atoms with van der Waals surface area (Å²) in [7, 11) is 0. The van der Waals surface area contributed by atoms with Gasteiger partial charge < -0.3 is 5.11 Å². The summed E-state index contributed by atoms with van der Waals surface area (Å²) in [6, 6.07) is 0. The maximum Gasteiger partial charge on any atom is 0.0577 e. The second-order valence-electron chi connectivity index (χ2n) is 12.2. The molecule has 0 saturated heterocycles. The molecule has 0 bridgehead atoms. The molecule has 170 valence electrons. The number of hydrogen-bond acceptors (Lipinski definition) is 1. The van der Waals surface area contributed by atoms with E-state index in [-0.39, 0.29) is 12.0 Å². The molecule has 0 aromatic heterocycles. The van der Waals surface area contributed by atoms with Crippen LogP contribution in [0.25, 0.3) is 0 Å². The summed E-state index contributed by atoms with van der Waals surface area (Å²) in [5.74, 6) is 3.89. The standard InChI is InChI=1S/C29H48O/c1-7-21(19(2)3)9-8-20(4)25-12-13-26-24-11-10-22-18-23(30)14-16-28(22,5)27(24)15-17-29(25,26)6/h8-10,19-21,23-27,30H,7,11-18H2,1-6H3/b9-8+/t20-,21-,23+,24+,25-,26+,27+,28+,29-/m1/s1/i19D. The van der Waals surface area contributed by atoms with Gasteiger partial charge in [-0.2, -0.15) is 0 Å². The number of rotatable bonds is 5. The van der Waals surface area contributed by atoms with E-state index in [0.717, 1.165) is 42.9 Å². The van der Waals surface area contributed by atoms with Crippen LogP contribution in [0.2, 0.25) is 0 Å². The third kappa shape index (κ3) is 3.66. The van der Waals surface area contributed by atoms with Crippen LogP contribution in [-0.4, -0.2) is 11.2 Å². The summed E-state index contributed by atoms with van der Waals surface area (Å²) < 4.78 is 8.46. The van der Waals surface area contributed by atoms with Gasteiger partial charge >= 0.3 is 0 Å². The first-order valence-corrected chi connectivity index (χ1v) is 13.1. The first-order chi connectivity index (χ1) is 14.5. The summed E-state index contributed by atoms with van der Waals surface area (Å²) in [4.78, 5) is 0. The van der Waals surface area contributed by atoms with E-state index in [1.807, 2.05) is 0 Å². The lowest BCUT2D eigenvalue weighted by molar-refractivity contribution is -0.0540. The van der Waals surface area contributed by atoms with Crippen molar-refractivity contribution in [2.75, 3.05) is 0 Å². The Bertz CT molecular complexity index is 717. The van der Waals surface area contributed by atoms with Crippen molar-refractivity contribution in [3.05, 3.63) is 23.8 Å². The molecule has 9 atom stereocenters. The predicted molar refractivity (Wildman–Crippen MR) is 128 cm³/mol. The molecule has 0 unspecified atom stereocenters. The zero-order chi connectivity index (χ0) is 22.6. The van der Waals surface area contributed by atoms with E-state index >= 15 is 0 Å². The van der Waals surface area contributed by atoms with Crippen LogP contribution in [0.4, 0.5) is 0 Å². The molecule has 0 aromatic carbocycles. The molecule has 0 radical (unpaired) electrons. The van der Waals surface area contributed by atoms with Gasteiger partial charge in [0.05, 0.1) is 6.10 Å². The first kappa shape index (κ1) is 21.3. The van der Waals surface area contributed by atoms with Crippen LogP contribution in [0.1, 0.15) is 101 Å². The predicted octanol–water partition coefficient (Wildman–Crippen LogP) is 7.80. The normalized spacial score (nSPS) is 46.4. The van der Waals surface area contributed by atoms with Gasteiger partial charge in [0.25, 0.3) is 0 Å². The summed E-state index contributed by atoms with van der Waals surface area (Å²) in [5, 5.41) is 10.2. The number of allylic oxidation sites excluding steroid dienone is 3. The molecule has 0 spiro atoms. The topological polar surface area (TPSA) is 20.2 Å². The number of aliphatic hydroxyl groups excluding tert-OH is 1. The summed E-state index contributed by atoms with van der Waals surface area (Å²) >= 11 is 0. The Labute approximate surface area is 188 Å². The molecule has 4 aliphatic carbocycles. The van der Waals surface area contributed by atoms with Gasteiger partial charge in [-0.15, -0.1) is 0 Å². The first-order valence-electron chi connectivity index (χ1n) is 13.6. The molecule has 0 amide bonds. The highest BCUT2D eigenvalue weighted by Gasteiger charge is 2.58. The van der Waals surface area contributed by atoms with Gasteiger partial charge in [-0.25, -0.2) is 0 Å². The minimum Gasteiger partial charge on any atom is -0.393 e. The van der Waals surface area contributed by atoms with Gasteiger partial charge in [-0.05, 0) is 110 Å². The van der Waals surface area contributed by atoms with Crippen molar-refractivity contribution < 1.29 is 6.48 Å². The molecule has 1 nitrogen and oxygen atoms in total. The quantitative estimate of drug-likeness (QED) is 0.456. The molecule has 1 heteroatoms. The Morgan fingerprint density at radius 3 is 2.57 bits per heavy atom. The maximum atomic E-state index is 10.2. The smallest absolute Gasteiger partial charge is 0.0577 e. The lowest BCUT2D eigenvalue weighted by Gasteiger charge is -2.58. The van der Waals surface area contributed by atoms with Gasteiger partial charge in [0.1, 0.15) is 0 Å². The van der Waals surface area contributed by atoms with E-state index in [1.54, 1.807) is 5.57 Å². The summed E-state index contributed by atoms with van der Waals surface area (Å²) in [6.07, 6.45) is 18.3. The average molecular weight is 414 g/mol. The molecular weight excluding hydrogens is 364 g/mol. The van der Waals surface area contributed by atoms with Gasteiger partial charge in [-0.3, -0.25) is 0 Å². The molecule has 30 heavy (non-hydrogen) atoms. The van der Waals surface area contributed by atoms with Crippen molar-refractivity contribution in [2.45, 2.75) is 105 Å². The van der Waals surface area contributed by atoms with Gasteiger partial charge in [0.2, 0.25) is 0 Å². The van der Waals surface area contributed by atoms with Crippen LogP contribution in [-0.2, 0) is 0 Å². The van der Waals surface area contributed by atoms with Crippen LogP contribution in [0, 0.1) is 52.2 Å². The molecule has 4 aliphatic rings. The van der Waals surface area contributed by atoms with Crippen LogP contribution in [0.15, 0.2) is 23.8 Å². The third-order valence-electron chi connectivity index (χ3n) is 10.6. The lowest BCUT2D eigenvalue weighted by atomic mass is 9.47. The molecule has 3 fully saturated rings. The second-order valence-corrected chi connectivity index (χ2v) is 12.2. The summed E-state index contributed by atoms with van der Waals surface area (Å²) in [6.45, 7) is 14.0. The molecule has 0 aromatic rings.